The molecule has 0 aromatic heterocycles. The minimum atomic E-state index is 0.103. The lowest BCUT2D eigenvalue weighted by atomic mass is 10.1. The van der Waals surface area contributed by atoms with Crippen molar-refractivity contribution in [3.8, 4) is 6.07 Å². The molecule has 0 rings (SSSR count). The van der Waals surface area contributed by atoms with E-state index in [0.717, 1.165) is 25.9 Å². The number of nitriles is 1. The molecule has 0 aromatic carbocycles. The van der Waals surface area contributed by atoms with E-state index in [4.69, 9.17) is 10.00 Å². The lowest BCUT2D eigenvalue weighted by Crippen LogP contribution is -2.07. The largest absolute Gasteiger partial charge is 0.380 e. The summed E-state index contributed by atoms with van der Waals surface area (Å²) in [5, 5.41) is 8.63. The maximum absolute atomic E-state index is 8.63. The normalized spacial score (nSPS) is 12.5. The van der Waals surface area contributed by atoms with Crippen LogP contribution in [0.25, 0.3) is 0 Å². The number of hydrogen-bond donors (Lipinski definition) is 0. The molecule has 0 aliphatic rings. The Kier molecular flexibility index (Phi) is 7.18. The minimum absolute atomic E-state index is 0.103. The molecule has 0 aromatic rings. The maximum atomic E-state index is 8.63. The first-order chi connectivity index (χ1) is 5.35. The van der Waals surface area contributed by atoms with Crippen LogP contribution in [-0.2, 0) is 4.74 Å². The third-order valence-electron chi connectivity index (χ3n) is 1.49. The Morgan fingerprint density at radius 3 is 2.55 bits per heavy atom. The number of nitrogens with zero attached hydrogens (tertiary/aromatic N) is 1. The summed E-state index contributed by atoms with van der Waals surface area (Å²) >= 11 is 0. The first kappa shape index (κ1) is 10.4. The SMILES string of the molecule is CCCOCC(C#N)CCC. The van der Waals surface area contributed by atoms with E-state index in [0.29, 0.717) is 6.61 Å². The molecule has 11 heavy (non-hydrogen) atoms. The zero-order valence-electron chi connectivity index (χ0n) is 7.47. The number of rotatable bonds is 6. The van der Waals surface area contributed by atoms with Crippen molar-refractivity contribution in [1.29, 1.82) is 5.26 Å². The van der Waals surface area contributed by atoms with Crippen molar-refractivity contribution < 1.29 is 4.74 Å². The van der Waals surface area contributed by atoms with E-state index in [9.17, 15) is 0 Å². The molecule has 0 heterocycles. The second kappa shape index (κ2) is 7.56. The fourth-order valence-corrected chi connectivity index (χ4v) is 0.904. The Morgan fingerprint density at radius 2 is 2.09 bits per heavy atom. The van der Waals surface area contributed by atoms with Gasteiger partial charge in [-0.05, 0) is 12.8 Å². The molecule has 64 valence electrons. The van der Waals surface area contributed by atoms with Gasteiger partial charge in [-0.25, -0.2) is 0 Å². The van der Waals surface area contributed by atoms with Crippen molar-refractivity contribution in [3.63, 3.8) is 0 Å². The lowest BCUT2D eigenvalue weighted by molar-refractivity contribution is 0.112. The summed E-state index contributed by atoms with van der Waals surface area (Å²) in [6, 6.07) is 2.24. The van der Waals surface area contributed by atoms with E-state index in [1.54, 1.807) is 0 Å². The van der Waals surface area contributed by atoms with E-state index >= 15 is 0 Å². The summed E-state index contributed by atoms with van der Waals surface area (Å²) in [7, 11) is 0. The zero-order chi connectivity index (χ0) is 8.53. The third kappa shape index (κ3) is 5.87. The summed E-state index contributed by atoms with van der Waals surface area (Å²) in [4.78, 5) is 0. The van der Waals surface area contributed by atoms with Crippen molar-refractivity contribution >= 4 is 0 Å². The molecule has 1 atom stereocenters. The second-order valence-electron chi connectivity index (χ2n) is 2.69. The van der Waals surface area contributed by atoms with E-state index in [-0.39, 0.29) is 5.92 Å². The number of hydrogen-bond acceptors (Lipinski definition) is 2. The maximum Gasteiger partial charge on any atom is 0.0697 e. The average molecular weight is 155 g/mol. The summed E-state index contributed by atoms with van der Waals surface area (Å²) in [6.45, 7) is 5.55. The Morgan fingerprint density at radius 1 is 1.36 bits per heavy atom. The van der Waals surface area contributed by atoms with Gasteiger partial charge < -0.3 is 4.74 Å². The van der Waals surface area contributed by atoms with Gasteiger partial charge in [-0.2, -0.15) is 5.26 Å². The molecule has 0 aliphatic carbocycles. The summed E-state index contributed by atoms with van der Waals surface area (Å²) < 4.78 is 5.27. The van der Waals surface area contributed by atoms with Crippen molar-refractivity contribution in [2.24, 2.45) is 5.92 Å². The zero-order valence-corrected chi connectivity index (χ0v) is 7.47. The molecule has 0 fully saturated rings. The molecule has 2 nitrogen and oxygen atoms in total. The molecule has 0 aliphatic heterocycles. The highest BCUT2D eigenvalue weighted by Crippen LogP contribution is 2.04. The molecule has 2 heteroatoms. The number of ether oxygens (including phenoxy) is 1. The van der Waals surface area contributed by atoms with Gasteiger partial charge in [0, 0.05) is 6.61 Å². The summed E-state index contributed by atoms with van der Waals surface area (Å²) in [5.41, 5.74) is 0. The molecular weight excluding hydrogens is 138 g/mol. The van der Waals surface area contributed by atoms with E-state index in [1.807, 2.05) is 0 Å². The summed E-state index contributed by atoms with van der Waals surface area (Å²) in [5.74, 6) is 0.103. The van der Waals surface area contributed by atoms with Crippen LogP contribution in [0.2, 0.25) is 0 Å². The van der Waals surface area contributed by atoms with Crippen LogP contribution in [0, 0.1) is 17.2 Å². The first-order valence-electron chi connectivity index (χ1n) is 4.32. The predicted octanol–water partition coefficient (Wildman–Crippen LogP) is 2.35. The highest BCUT2D eigenvalue weighted by Gasteiger charge is 2.04. The standard InChI is InChI=1S/C9H17NO/c1-3-5-9(7-10)8-11-6-4-2/h9H,3-6,8H2,1-2H3. The molecule has 0 N–H and O–H groups in total. The average Bonchev–Trinajstić information content (AvgIpc) is 2.03. The molecule has 0 saturated heterocycles. The van der Waals surface area contributed by atoms with Crippen LogP contribution in [0.4, 0.5) is 0 Å². The predicted molar refractivity (Wildman–Crippen MR) is 45.1 cm³/mol. The highest BCUT2D eigenvalue weighted by molar-refractivity contribution is 4.81. The Bertz CT molecular complexity index is 117. The van der Waals surface area contributed by atoms with Gasteiger partial charge in [0.25, 0.3) is 0 Å². The van der Waals surface area contributed by atoms with Gasteiger partial charge in [0.2, 0.25) is 0 Å². The van der Waals surface area contributed by atoms with Gasteiger partial charge in [-0.1, -0.05) is 20.3 Å². The fraction of sp³-hybridized carbons (Fsp3) is 0.889. The van der Waals surface area contributed by atoms with Crippen LogP contribution in [0.5, 0.6) is 0 Å². The van der Waals surface area contributed by atoms with Crippen LogP contribution in [0.1, 0.15) is 33.1 Å². The van der Waals surface area contributed by atoms with Crippen LogP contribution in [-0.4, -0.2) is 13.2 Å². The van der Waals surface area contributed by atoms with Crippen LogP contribution in [0.3, 0.4) is 0 Å². The van der Waals surface area contributed by atoms with Gasteiger partial charge in [0.1, 0.15) is 0 Å². The van der Waals surface area contributed by atoms with Crippen molar-refractivity contribution in [3.05, 3.63) is 0 Å². The van der Waals surface area contributed by atoms with Gasteiger partial charge in [-0.15, -0.1) is 0 Å². The fourth-order valence-electron chi connectivity index (χ4n) is 0.904. The van der Waals surface area contributed by atoms with Crippen molar-refractivity contribution in [2.45, 2.75) is 33.1 Å². The van der Waals surface area contributed by atoms with Gasteiger partial charge in [-0.3, -0.25) is 0 Å². The van der Waals surface area contributed by atoms with Crippen molar-refractivity contribution in [1.82, 2.24) is 0 Å². The van der Waals surface area contributed by atoms with Gasteiger partial charge >= 0.3 is 0 Å². The smallest absolute Gasteiger partial charge is 0.0697 e. The highest BCUT2D eigenvalue weighted by atomic mass is 16.5. The minimum Gasteiger partial charge on any atom is -0.380 e. The van der Waals surface area contributed by atoms with E-state index in [2.05, 4.69) is 19.9 Å². The molecule has 0 radical (unpaired) electrons. The summed E-state index contributed by atoms with van der Waals surface area (Å²) in [6.07, 6.45) is 3.05. The molecule has 1 unspecified atom stereocenters. The molecule has 0 amide bonds. The van der Waals surface area contributed by atoms with Gasteiger partial charge in [0.05, 0.1) is 18.6 Å². The molecule has 0 saturated carbocycles. The lowest BCUT2D eigenvalue weighted by Gasteiger charge is -2.06. The van der Waals surface area contributed by atoms with Crippen LogP contribution < -0.4 is 0 Å². The van der Waals surface area contributed by atoms with E-state index < -0.39 is 0 Å². The van der Waals surface area contributed by atoms with E-state index in [1.165, 1.54) is 0 Å². The topological polar surface area (TPSA) is 33.0 Å². The van der Waals surface area contributed by atoms with Crippen molar-refractivity contribution in [2.75, 3.05) is 13.2 Å². The molecule has 0 bridgehead atoms. The molecule has 0 spiro atoms. The van der Waals surface area contributed by atoms with Crippen LogP contribution in [0.15, 0.2) is 0 Å². The monoisotopic (exact) mass is 155 g/mol. The Hall–Kier alpha value is -0.550. The van der Waals surface area contributed by atoms with Crippen LogP contribution >= 0.6 is 0 Å². The first-order valence-corrected chi connectivity index (χ1v) is 4.32. The Labute approximate surface area is 69.2 Å². The quantitative estimate of drug-likeness (QED) is 0.551. The van der Waals surface area contributed by atoms with Gasteiger partial charge in [0.15, 0.2) is 0 Å². The second-order valence-corrected chi connectivity index (χ2v) is 2.69. The Balaban J connectivity index is 3.30. The molecular formula is C9H17NO. The third-order valence-corrected chi connectivity index (χ3v) is 1.49.